The first-order chi connectivity index (χ1) is 14.3. The Hall–Kier alpha value is -2.67. The predicted molar refractivity (Wildman–Crippen MR) is 119 cm³/mol. The van der Waals surface area contributed by atoms with Crippen LogP contribution in [0, 0.1) is 5.82 Å². The van der Waals surface area contributed by atoms with Crippen LogP contribution in [0.3, 0.4) is 0 Å². The molecule has 30 heavy (non-hydrogen) atoms. The van der Waals surface area contributed by atoms with Crippen molar-refractivity contribution in [3.05, 3.63) is 64.7 Å². The van der Waals surface area contributed by atoms with E-state index in [1.165, 1.54) is 24.4 Å². The fourth-order valence-corrected chi connectivity index (χ4v) is 5.00. The van der Waals surface area contributed by atoms with Crippen LogP contribution in [0.25, 0.3) is 10.9 Å². The fraction of sp³-hybridized carbons (Fsp3) is 0.348. The molecule has 0 bridgehead atoms. The van der Waals surface area contributed by atoms with Crippen molar-refractivity contribution in [2.24, 2.45) is 0 Å². The van der Waals surface area contributed by atoms with E-state index in [1.54, 1.807) is 28.8 Å². The molecule has 160 valence electrons. The minimum Gasteiger partial charge on any atom is -0.370 e. The number of halogens is 1. The van der Waals surface area contributed by atoms with Gasteiger partial charge in [-0.05, 0) is 44.5 Å². The zero-order valence-electron chi connectivity index (χ0n) is 17.6. The molecule has 0 fully saturated rings. The first-order valence-corrected chi connectivity index (χ1v) is 11.7. The van der Waals surface area contributed by atoms with Crippen LogP contribution in [0.1, 0.15) is 33.6 Å². The Morgan fingerprint density at radius 1 is 1.03 bits per heavy atom. The molecule has 0 aliphatic rings. The summed E-state index contributed by atoms with van der Waals surface area (Å²) < 4.78 is 43.0. The number of benzene rings is 2. The largest absolute Gasteiger partial charge is 0.370 e. The molecule has 7 heteroatoms. The maximum absolute atomic E-state index is 14.9. The lowest BCUT2D eigenvalue weighted by Crippen LogP contribution is -2.24. The van der Waals surface area contributed by atoms with Crippen molar-refractivity contribution in [1.82, 2.24) is 4.57 Å². The molecular formula is C23H27FN2O3S. The number of fused-ring (bicyclic) bond motifs is 1. The van der Waals surface area contributed by atoms with Crippen molar-refractivity contribution in [1.29, 1.82) is 0 Å². The van der Waals surface area contributed by atoms with Gasteiger partial charge in [0.15, 0.2) is 0 Å². The van der Waals surface area contributed by atoms with E-state index in [2.05, 4.69) is 0 Å². The molecule has 0 aliphatic heterocycles. The molecule has 0 saturated carbocycles. The Kier molecular flexibility index (Phi) is 6.61. The average molecular weight is 431 g/mol. The van der Waals surface area contributed by atoms with Gasteiger partial charge in [-0.1, -0.05) is 31.5 Å². The van der Waals surface area contributed by atoms with Gasteiger partial charge in [0.25, 0.3) is 0 Å². The highest BCUT2D eigenvalue weighted by molar-refractivity contribution is 7.91. The third-order valence-corrected chi connectivity index (χ3v) is 7.08. The molecule has 2 aromatic carbocycles. The average Bonchev–Trinajstić information content (AvgIpc) is 2.75. The van der Waals surface area contributed by atoms with E-state index in [0.717, 1.165) is 12.8 Å². The highest BCUT2D eigenvalue weighted by Gasteiger charge is 2.24. The number of hydrogen-bond acceptors (Lipinski definition) is 4. The standard InChI is InChI=1S/C23H27FN2O3S/c1-4-7-13-26-16-22(30(28,29)17-11-9-8-10-12-17)23(27)18-14-19(24)21(15-20(18)26)25(5-2)6-3/h8-12,14-16H,4-7,13H2,1-3H3. The van der Waals surface area contributed by atoms with Crippen molar-refractivity contribution in [2.75, 3.05) is 18.0 Å². The van der Waals surface area contributed by atoms with Crippen molar-refractivity contribution in [2.45, 2.75) is 49.9 Å². The van der Waals surface area contributed by atoms with E-state index < -0.39 is 21.1 Å². The lowest BCUT2D eigenvalue weighted by molar-refractivity contribution is 0.590. The Morgan fingerprint density at radius 2 is 1.70 bits per heavy atom. The van der Waals surface area contributed by atoms with Crippen LogP contribution in [0.4, 0.5) is 10.1 Å². The lowest BCUT2D eigenvalue weighted by atomic mass is 10.1. The van der Waals surface area contributed by atoms with Gasteiger partial charge >= 0.3 is 0 Å². The first kappa shape index (κ1) is 22.0. The second kappa shape index (κ2) is 9.00. The van der Waals surface area contributed by atoms with Gasteiger partial charge in [-0.25, -0.2) is 12.8 Å². The Morgan fingerprint density at radius 3 is 2.30 bits per heavy atom. The Balaban J connectivity index is 2.33. The topological polar surface area (TPSA) is 59.4 Å². The van der Waals surface area contributed by atoms with Crippen LogP contribution in [0.5, 0.6) is 0 Å². The molecule has 1 heterocycles. The number of rotatable bonds is 8. The van der Waals surface area contributed by atoms with Gasteiger partial charge in [0.2, 0.25) is 15.3 Å². The normalized spacial score (nSPS) is 11.7. The van der Waals surface area contributed by atoms with E-state index in [9.17, 15) is 17.6 Å². The number of aromatic nitrogens is 1. The van der Waals surface area contributed by atoms with E-state index in [-0.39, 0.29) is 15.2 Å². The molecule has 0 radical (unpaired) electrons. The smallest absolute Gasteiger partial charge is 0.211 e. The second-order valence-electron chi connectivity index (χ2n) is 7.18. The zero-order chi connectivity index (χ0) is 21.9. The molecule has 3 rings (SSSR count). The number of pyridine rings is 1. The summed E-state index contributed by atoms with van der Waals surface area (Å²) in [5.74, 6) is -0.528. The summed E-state index contributed by atoms with van der Waals surface area (Å²) in [6.45, 7) is 7.69. The SMILES string of the molecule is CCCCn1cc(S(=O)(=O)c2ccccc2)c(=O)c2cc(F)c(N(CC)CC)cc21. The van der Waals surface area contributed by atoms with Crippen molar-refractivity contribution in [3.8, 4) is 0 Å². The quantitative estimate of drug-likeness (QED) is 0.523. The molecule has 0 aliphatic carbocycles. The number of aryl methyl sites for hydroxylation is 1. The molecule has 0 N–H and O–H groups in total. The van der Waals surface area contributed by atoms with Crippen LogP contribution >= 0.6 is 0 Å². The monoisotopic (exact) mass is 430 g/mol. The number of nitrogens with zero attached hydrogens (tertiary/aromatic N) is 2. The number of anilines is 1. The third-order valence-electron chi connectivity index (χ3n) is 5.32. The zero-order valence-corrected chi connectivity index (χ0v) is 18.4. The highest BCUT2D eigenvalue weighted by atomic mass is 32.2. The summed E-state index contributed by atoms with van der Waals surface area (Å²) >= 11 is 0. The van der Waals surface area contributed by atoms with Crippen molar-refractivity contribution >= 4 is 26.4 Å². The number of unbranched alkanes of at least 4 members (excludes halogenated alkanes) is 1. The molecule has 5 nitrogen and oxygen atoms in total. The third kappa shape index (κ3) is 3.99. The number of sulfone groups is 1. The number of hydrogen-bond donors (Lipinski definition) is 0. The molecule has 0 amide bonds. The van der Waals surface area contributed by atoms with Crippen LogP contribution in [-0.2, 0) is 16.4 Å². The molecule has 0 unspecified atom stereocenters. The summed E-state index contributed by atoms with van der Waals surface area (Å²) in [5.41, 5.74) is 0.283. The molecular weight excluding hydrogens is 403 g/mol. The van der Waals surface area contributed by atoms with Crippen molar-refractivity contribution in [3.63, 3.8) is 0 Å². The van der Waals surface area contributed by atoms with Crippen LogP contribution in [0.2, 0.25) is 0 Å². The summed E-state index contributed by atoms with van der Waals surface area (Å²) in [6.07, 6.45) is 3.12. The molecule has 0 spiro atoms. The second-order valence-corrected chi connectivity index (χ2v) is 9.10. The minimum atomic E-state index is -4.02. The minimum absolute atomic E-state index is 0.0451. The van der Waals surface area contributed by atoms with Crippen LogP contribution < -0.4 is 10.3 Å². The maximum atomic E-state index is 14.9. The van der Waals surface area contributed by atoms with Gasteiger partial charge in [-0.3, -0.25) is 4.79 Å². The van der Waals surface area contributed by atoms with E-state index in [4.69, 9.17) is 0 Å². The summed E-state index contributed by atoms with van der Waals surface area (Å²) in [7, 11) is -4.02. The van der Waals surface area contributed by atoms with Gasteiger partial charge in [0.05, 0.1) is 21.5 Å². The predicted octanol–water partition coefficient (Wildman–Crippen LogP) is 4.62. The van der Waals surface area contributed by atoms with E-state index in [0.29, 0.717) is 30.8 Å². The fourth-order valence-electron chi connectivity index (χ4n) is 3.61. The van der Waals surface area contributed by atoms with Crippen LogP contribution in [0.15, 0.2) is 63.2 Å². The maximum Gasteiger partial charge on any atom is 0.211 e. The van der Waals surface area contributed by atoms with Gasteiger partial charge in [0.1, 0.15) is 10.7 Å². The van der Waals surface area contributed by atoms with Gasteiger partial charge in [-0.2, -0.15) is 0 Å². The molecule has 1 aromatic heterocycles. The van der Waals surface area contributed by atoms with E-state index >= 15 is 0 Å². The van der Waals surface area contributed by atoms with Crippen molar-refractivity contribution < 1.29 is 12.8 Å². The van der Waals surface area contributed by atoms with Crippen LogP contribution in [-0.4, -0.2) is 26.1 Å². The molecule has 0 saturated heterocycles. The Bertz CT molecular complexity index is 1200. The lowest BCUT2D eigenvalue weighted by Gasteiger charge is -2.23. The molecule has 3 aromatic rings. The Labute approximate surface area is 176 Å². The summed E-state index contributed by atoms with van der Waals surface area (Å²) in [6, 6.07) is 10.7. The van der Waals surface area contributed by atoms with Gasteiger partial charge in [-0.15, -0.1) is 0 Å². The van der Waals surface area contributed by atoms with Gasteiger partial charge < -0.3 is 9.47 Å². The summed E-state index contributed by atoms with van der Waals surface area (Å²) in [5, 5.41) is 0.0801. The van der Waals surface area contributed by atoms with Gasteiger partial charge in [0, 0.05) is 25.8 Å². The highest BCUT2D eigenvalue weighted by Crippen LogP contribution is 2.27. The molecule has 0 atom stereocenters. The summed E-state index contributed by atoms with van der Waals surface area (Å²) in [4.78, 5) is 14.8. The first-order valence-electron chi connectivity index (χ1n) is 10.3. The van der Waals surface area contributed by atoms with E-state index in [1.807, 2.05) is 25.7 Å².